The quantitative estimate of drug-likeness (QED) is 0.846. The van der Waals surface area contributed by atoms with Crippen molar-refractivity contribution in [3.63, 3.8) is 0 Å². The minimum absolute atomic E-state index is 0.166. The van der Waals surface area contributed by atoms with Crippen LogP contribution in [0.15, 0.2) is 10.9 Å². The molecule has 0 unspecified atom stereocenters. The molecule has 1 amide bonds. The number of aromatic amines is 1. The molecule has 1 aromatic rings. The Morgan fingerprint density at radius 2 is 1.95 bits per heavy atom. The van der Waals surface area contributed by atoms with Gasteiger partial charge < -0.3 is 10.3 Å². The van der Waals surface area contributed by atoms with Crippen LogP contribution < -0.4 is 10.9 Å². The summed E-state index contributed by atoms with van der Waals surface area (Å²) < 4.78 is 0. The molecule has 0 saturated carbocycles. The number of pyridine rings is 1. The van der Waals surface area contributed by atoms with Crippen molar-refractivity contribution >= 4 is 5.91 Å². The molecule has 0 saturated heterocycles. The van der Waals surface area contributed by atoms with Crippen molar-refractivity contribution < 1.29 is 4.79 Å². The van der Waals surface area contributed by atoms with Gasteiger partial charge in [0.15, 0.2) is 0 Å². The minimum atomic E-state index is -0.288. The van der Waals surface area contributed by atoms with E-state index < -0.39 is 0 Å². The molecule has 0 aliphatic heterocycles. The number of nitrogens with one attached hydrogen (secondary N) is 2. The Balaban J connectivity index is 2.87. The number of amides is 1. The van der Waals surface area contributed by atoms with Crippen molar-refractivity contribution in [2.24, 2.45) is 5.41 Å². The smallest absolute Gasteiger partial charge is 0.261 e. The second-order valence-corrected chi connectivity index (χ2v) is 6.69. The molecular formula is C17H28N2O2. The van der Waals surface area contributed by atoms with Crippen LogP contribution in [-0.2, 0) is 12.8 Å². The average Bonchev–Trinajstić information content (AvgIpc) is 2.37. The van der Waals surface area contributed by atoms with E-state index >= 15 is 0 Å². The zero-order chi connectivity index (χ0) is 16.0. The number of H-pyrrole nitrogens is 1. The van der Waals surface area contributed by atoms with E-state index in [9.17, 15) is 9.59 Å². The van der Waals surface area contributed by atoms with Crippen LogP contribution in [0.1, 0.15) is 69.1 Å². The molecule has 0 radical (unpaired) electrons. The summed E-state index contributed by atoms with van der Waals surface area (Å²) in [5.41, 5.74) is 2.11. The molecule has 0 fully saturated rings. The number of hydrogen-bond acceptors (Lipinski definition) is 2. The predicted molar refractivity (Wildman–Crippen MR) is 86.8 cm³/mol. The second-order valence-electron chi connectivity index (χ2n) is 6.69. The predicted octanol–water partition coefficient (Wildman–Crippen LogP) is 3.06. The summed E-state index contributed by atoms with van der Waals surface area (Å²) in [6.45, 7) is 11.1. The Labute approximate surface area is 127 Å². The lowest BCUT2D eigenvalue weighted by Crippen LogP contribution is -2.32. The molecule has 0 aliphatic rings. The Morgan fingerprint density at radius 3 is 2.48 bits per heavy atom. The maximum Gasteiger partial charge on any atom is 0.261 e. The lowest BCUT2D eigenvalue weighted by atomic mass is 9.92. The van der Waals surface area contributed by atoms with Crippen molar-refractivity contribution in [1.82, 2.24) is 10.3 Å². The summed E-state index contributed by atoms with van der Waals surface area (Å²) in [7, 11) is 0. The summed E-state index contributed by atoms with van der Waals surface area (Å²) >= 11 is 0. The lowest BCUT2D eigenvalue weighted by molar-refractivity contribution is 0.0948. The standard InChI is InChI=1S/C17H28N2O2/c1-6-8-14-12(7-2)11-13(16(21)19-14)15(20)18-10-9-17(3,4)5/h11H,6-10H2,1-5H3,(H,18,20)(H,19,21). The molecule has 0 bridgehead atoms. The van der Waals surface area contributed by atoms with Gasteiger partial charge in [0, 0.05) is 12.2 Å². The molecule has 4 heteroatoms. The van der Waals surface area contributed by atoms with Crippen LogP contribution in [0.5, 0.6) is 0 Å². The van der Waals surface area contributed by atoms with Crippen LogP contribution in [-0.4, -0.2) is 17.4 Å². The molecule has 0 spiro atoms. The van der Waals surface area contributed by atoms with Gasteiger partial charge >= 0.3 is 0 Å². The fourth-order valence-corrected chi connectivity index (χ4v) is 2.21. The van der Waals surface area contributed by atoms with E-state index in [2.05, 4.69) is 38.0 Å². The van der Waals surface area contributed by atoms with Crippen molar-refractivity contribution in [1.29, 1.82) is 0 Å². The summed E-state index contributed by atoms with van der Waals surface area (Å²) in [6.07, 6.45) is 3.50. The van der Waals surface area contributed by atoms with E-state index in [0.29, 0.717) is 6.54 Å². The summed E-state index contributed by atoms with van der Waals surface area (Å²) in [5, 5.41) is 2.84. The SMILES string of the molecule is CCCc1[nH]c(=O)c(C(=O)NCCC(C)(C)C)cc1CC. The number of hydrogen-bond donors (Lipinski definition) is 2. The Hall–Kier alpha value is -1.58. The topological polar surface area (TPSA) is 62.0 Å². The Kier molecular flexibility index (Phi) is 6.19. The summed E-state index contributed by atoms with van der Waals surface area (Å²) in [5.74, 6) is -0.279. The molecule has 0 atom stereocenters. The lowest BCUT2D eigenvalue weighted by Gasteiger charge is -2.18. The largest absolute Gasteiger partial charge is 0.352 e. The monoisotopic (exact) mass is 292 g/mol. The molecule has 0 aromatic carbocycles. The highest BCUT2D eigenvalue weighted by atomic mass is 16.2. The first-order valence-electron chi connectivity index (χ1n) is 7.81. The fraction of sp³-hybridized carbons (Fsp3) is 0.647. The highest BCUT2D eigenvalue weighted by molar-refractivity contribution is 5.94. The molecule has 1 heterocycles. The first kappa shape index (κ1) is 17.5. The molecule has 2 N–H and O–H groups in total. The van der Waals surface area contributed by atoms with Crippen molar-refractivity contribution in [2.45, 2.75) is 60.3 Å². The third-order valence-electron chi connectivity index (χ3n) is 3.50. The van der Waals surface area contributed by atoms with E-state index in [1.165, 1.54) is 0 Å². The zero-order valence-electron chi connectivity index (χ0n) is 13.9. The van der Waals surface area contributed by atoms with Gasteiger partial charge in [-0.25, -0.2) is 0 Å². The van der Waals surface area contributed by atoms with Crippen LogP contribution in [0.4, 0.5) is 0 Å². The second kappa shape index (κ2) is 7.43. The van der Waals surface area contributed by atoms with Gasteiger partial charge in [-0.15, -0.1) is 0 Å². The highest BCUT2D eigenvalue weighted by Gasteiger charge is 2.15. The van der Waals surface area contributed by atoms with Gasteiger partial charge in [-0.05, 0) is 36.3 Å². The maximum absolute atomic E-state index is 12.2. The van der Waals surface area contributed by atoms with Gasteiger partial charge in [-0.1, -0.05) is 41.0 Å². The van der Waals surface area contributed by atoms with Crippen molar-refractivity contribution in [2.75, 3.05) is 6.54 Å². The Bertz CT molecular complexity index is 539. The van der Waals surface area contributed by atoms with Gasteiger partial charge in [0.1, 0.15) is 5.56 Å². The van der Waals surface area contributed by atoms with Crippen LogP contribution in [0.25, 0.3) is 0 Å². The van der Waals surface area contributed by atoms with E-state index in [1.54, 1.807) is 6.07 Å². The van der Waals surface area contributed by atoms with E-state index in [4.69, 9.17) is 0 Å². The maximum atomic E-state index is 12.2. The third kappa shape index (κ3) is 5.37. The number of aryl methyl sites for hydroxylation is 2. The molecule has 1 aromatic heterocycles. The van der Waals surface area contributed by atoms with Gasteiger partial charge in [-0.3, -0.25) is 9.59 Å². The first-order valence-corrected chi connectivity index (χ1v) is 7.81. The van der Waals surface area contributed by atoms with Gasteiger partial charge in [0.05, 0.1) is 0 Å². The minimum Gasteiger partial charge on any atom is -0.352 e. The van der Waals surface area contributed by atoms with Crippen LogP contribution in [0.2, 0.25) is 0 Å². The normalized spacial score (nSPS) is 11.5. The molecular weight excluding hydrogens is 264 g/mol. The van der Waals surface area contributed by atoms with Gasteiger partial charge in [0.2, 0.25) is 0 Å². The van der Waals surface area contributed by atoms with E-state index in [-0.39, 0.29) is 22.4 Å². The summed E-state index contributed by atoms with van der Waals surface area (Å²) in [4.78, 5) is 27.1. The zero-order valence-corrected chi connectivity index (χ0v) is 13.9. The summed E-state index contributed by atoms with van der Waals surface area (Å²) in [6, 6.07) is 1.75. The van der Waals surface area contributed by atoms with Crippen molar-refractivity contribution in [3.8, 4) is 0 Å². The Morgan fingerprint density at radius 1 is 1.29 bits per heavy atom. The fourth-order valence-electron chi connectivity index (χ4n) is 2.21. The molecule has 4 nitrogen and oxygen atoms in total. The van der Waals surface area contributed by atoms with E-state index in [0.717, 1.165) is 36.9 Å². The molecule has 1 rings (SSSR count). The molecule has 0 aliphatic carbocycles. The first-order chi connectivity index (χ1) is 9.78. The van der Waals surface area contributed by atoms with Crippen LogP contribution in [0.3, 0.4) is 0 Å². The number of carbonyl (C=O) groups excluding carboxylic acids is 1. The van der Waals surface area contributed by atoms with Gasteiger partial charge in [-0.2, -0.15) is 0 Å². The van der Waals surface area contributed by atoms with Gasteiger partial charge in [0.25, 0.3) is 11.5 Å². The van der Waals surface area contributed by atoms with E-state index in [1.807, 2.05) is 6.92 Å². The number of carbonyl (C=O) groups is 1. The number of rotatable bonds is 6. The van der Waals surface area contributed by atoms with Crippen LogP contribution in [0, 0.1) is 5.41 Å². The highest BCUT2D eigenvalue weighted by Crippen LogP contribution is 2.17. The molecule has 21 heavy (non-hydrogen) atoms. The van der Waals surface area contributed by atoms with Crippen LogP contribution >= 0.6 is 0 Å². The number of aromatic nitrogens is 1. The average molecular weight is 292 g/mol. The molecule has 118 valence electrons. The third-order valence-corrected chi connectivity index (χ3v) is 3.50. The van der Waals surface area contributed by atoms with Crippen molar-refractivity contribution in [3.05, 3.63) is 33.2 Å².